The fourth-order valence-electron chi connectivity index (χ4n) is 4.45. The number of anilines is 1. The van der Waals surface area contributed by atoms with Crippen LogP contribution >= 0.6 is 11.6 Å². The van der Waals surface area contributed by atoms with Crippen molar-refractivity contribution in [1.29, 1.82) is 0 Å². The van der Waals surface area contributed by atoms with Gasteiger partial charge in [-0.25, -0.2) is 9.07 Å². The lowest BCUT2D eigenvalue weighted by Crippen LogP contribution is -2.49. The quantitative estimate of drug-likeness (QED) is 0.338. The number of rotatable bonds is 6. The summed E-state index contributed by atoms with van der Waals surface area (Å²) >= 11 is 6.46. The van der Waals surface area contributed by atoms with Crippen LogP contribution in [0.25, 0.3) is 16.9 Å². The fraction of sp³-hybridized carbons (Fsp3) is 0.214. The van der Waals surface area contributed by atoms with Crippen LogP contribution in [0, 0.1) is 5.82 Å². The van der Waals surface area contributed by atoms with Crippen LogP contribution < -0.4 is 9.64 Å². The summed E-state index contributed by atoms with van der Waals surface area (Å²) in [5.74, 6) is 0.260. The van der Waals surface area contributed by atoms with E-state index in [0.717, 1.165) is 11.4 Å². The Morgan fingerprint density at radius 3 is 2.33 bits per heavy atom. The molecule has 0 radical (unpaired) electrons. The average Bonchev–Trinajstić information content (AvgIpc) is 3.34. The second kappa shape index (κ2) is 10.4. The van der Waals surface area contributed by atoms with Crippen LogP contribution in [0.5, 0.6) is 5.75 Å². The van der Waals surface area contributed by atoms with Crippen LogP contribution in [0.4, 0.5) is 10.1 Å². The standard InChI is InChI=1S/C28H26ClFN4O2/c1-2-36-27-14-8-7-13-25(27)32-15-17-33(18-16-32)28(35)26-19-23(20-9-3-5-11-22(20)30)31-34(26)24-12-6-4-10-21(24)29/h3-14,19H,2,15-18H2,1H3. The number of amides is 1. The summed E-state index contributed by atoms with van der Waals surface area (Å²) in [7, 11) is 0. The van der Waals surface area contributed by atoms with E-state index in [-0.39, 0.29) is 5.91 Å². The van der Waals surface area contributed by atoms with Gasteiger partial charge in [0.05, 0.1) is 28.7 Å². The number of nitrogens with zero attached hydrogens (tertiary/aromatic N) is 4. The summed E-state index contributed by atoms with van der Waals surface area (Å²) in [6.45, 7) is 4.94. The molecule has 1 aromatic heterocycles. The number of carbonyl (C=O) groups excluding carboxylic acids is 1. The zero-order valence-electron chi connectivity index (χ0n) is 19.9. The molecule has 36 heavy (non-hydrogen) atoms. The predicted molar refractivity (Wildman–Crippen MR) is 140 cm³/mol. The number of ether oxygens (including phenoxy) is 1. The van der Waals surface area contributed by atoms with E-state index in [9.17, 15) is 9.18 Å². The summed E-state index contributed by atoms with van der Waals surface area (Å²) < 4.78 is 21.9. The van der Waals surface area contributed by atoms with E-state index in [1.54, 1.807) is 41.3 Å². The first-order valence-electron chi connectivity index (χ1n) is 11.9. The molecule has 1 amide bonds. The molecule has 184 valence electrons. The van der Waals surface area contributed by atoms with E-state index in [1.807, 2.05) is 43.3 Å². The molecule has 1 aliphatic heterocycles. The van der Waals surface area contributed by atoms with Gasteiger partial charge in [0, 0.05) is 31.7 Å². The Morgan fingerprint density at radius 1 is 0.944 bits per heavy atom. The molecule has 2 heterocycles. The van der Waals surface area contributed by atoms with Crippen molar-refractivity contribution in [2.75, 3.05) is 37.7 Å². The minimum absolute atomic E-state index is 0.178. The third-order valence-electron chi connectivity index (χ3n) is 6.23. The number of carbonyl (C=O) groups is 1. The van der Waals surface area contributed by atoms with Crippen molar-refractivity contribution in [3.8, 4) is 22.7 Å². The molecule has 5 rings (SSSR count). The molecule has 6 nitrogen and oxygen atoms in total. The number of piperazine rings is 1. The summed E-state index contributed by atoms with van der Waals surface area (Å²) in [5, 5.41) is 5.05. The fourth-order valence-corrected chi connectivity index (χ4v) is 4.67. The highest BCUT2D eigenvalue weighted by molar-refractivity contribution is 6.32. The maximum absolute atomic E-state index is 14.6. The molecule has 3 aromatic carbocycles. The minimum atomic E-state index is -0.401. The van der Waals surface area contributed by atoms with Crippen LogP contribution in [-0.2, 0) is 0 Å². The SMILES string of the molecule is CCOc1ccccc1N1CCN(C(=O)c2cc(-c3ccccc3F)nn2-c2ccccc2Cl)CC1. The van der Waals surface area contributed by atoms with Crippen LogP contribution in [0.1, 0.15) is 17.4 Å². The molecule has 0 atom stereocenters. The van der Waals surface area contributed by atoms with Crippen LogP contribution in [0.3, 0.4) is 0 Å². The van der Waals surface area contributed by atoms with E-state index in [2.05, 4.69) is 10.00 Å². The maximum atomic E-state index is 14.6. The van der Waals surface area contributed by atoms with Gasteiger partial charge in [-0.1, -0.05) is 48.0 Å². The lowest BCUT2D eigenvalue weighted by atomic mass is 10.1. The van der Waals surface area contributed by atoms with E-state index < -0.39 is 5.82 Å². The van der Waals surface area contributed by atoms with Gasteiger partial charge in [0.2, 0.25) is 0 Å². The van der Waals surface area contributed by atoms with Crippen LogP contribution in [0.15, 0.2) is 78.9 Å². The first-order chi connectivity index (χ1) is 17.6. The molecule has 1 saturated heterocycles. The van der Waals surface area contributed by atoms with Crippen molar-refractivity contribution in [1.82, 2.24) is 14.7 Å². The molecular weight excluding hydrogens is 479 g/mol. The van der Waals surface area contributed by atoms with Crippen LogP contribution in [-0.4, -0.2) is 53.4 Å². The monoisotopic (exact) mass is 504 g/mol. The molecule has 0 spiro atoms. The Labute approximate surface area is 214 Å². The van der Waals surface area contributed by atoms with E-state index in [4.69, 9.17) is 16.3 Å². The van der Waals surface area contributed by atoms with Gasteiger partial charge in [-0.15, -0.1) is 0 Å². The summed E-state index contributed by atoms with van der Waals surface area (Å²) in [4.78, 5) is 17.8. The highest BCUT2D eigenvalue weighted by Crippen LogP contribution is 2.30. The zero-order chi connectivity index (χ0) is 25.1. The second-order valence-electron chi connectivity index (χ2n) is 8.44. The summed E-state index contributed by atoms with van der Waals surface area (Å²) in [5.41, 5.74) is 2.63. The van der Waals surface area contributed by atoms with Crippen molar-refractivity contribution >= 4 is 23.2 Å². The maximum Gasteiger partial charge on any atom is 0.272 e. The van der Waals surface area contributed by atoms with Gasteiger partial charge in [-0.05, 0) is 49.4 Å². The topological polar surface area (TPSA) is 50.6 Å². The number of para-hydroxylation sites is 3. The predicted octanol–water partition coefficient (Wildman–Crippen LogP) is 5.69. The zero-order valence-corrected chi connectivity index (χ0v) is 20.7. The Morgan fingerprint density at radius 2 is 1.61 bits per heavy atom. The van der Waals surface area contributed by atoms with Gasteiger partial charge in [-0.2, -0.15) is 5.10 Å². The van der Waals surface area contributed by atoms with Crippen molar-refractivity contribution in [3.05, 3.63) is 95.4 Å². The molecule has 0 saturated carbocycles. The first-order valence-corrected chi connectivity index (χ1v) is 12.3. The Balaban J connectivity index is 1.44. The van der Waals surface area contributed by atoms with Gasteiger partial charge >= 0.3 is 0 Å². The lowest BCUT2D eigenvalue weighted by molar-refractivity contribution is 0.0737. The van der Waals surface area contributed by atoms with Crippen LogP contribution in [0.2, 0.25) is 5.02 Å². The average molecular weight is 505 g/mol. The second-order valence-corrected chi connectivity index (χ2v) is 8.85. The summed E-state index contributed by atoms with van der Waals surface area (Å²) in [6, 6.07) is 23.2. The number of hydrogen-bond acceptors (Lipinski definition) is 4. The molecule has 8 heteroatoms. The Hall–Kier alpha value is -3.84. The molecule has 0 N–H and O–H groups in total. The molecule has 4 aromatic rings. The highest BCUT2D eigenvalue weighted by Gasteiger charge is 2.28. The number of hydrogen-bond donors (Lipinski definition) is 0. The third kappa shape index (κ3) is 4.66. The molecule has 0 bridgehead atoms. The molecule has 1 aliphatic rings. The van der Waals surface area contributed by atoms with Gasteiger partial charge in [0.25, 0.3) is 5.91 Å². The van der Waals surface area contributed by atoms with E-state index in [0.29, 0.717) is 60.4 Å². The largest absolute Gasteiger partial charge is 0.492 e. The van der Waals surface area contributed by atoms with Crippen molar-refractivity contribution < 1.29 is 13.9 Å². The smallest absolute Gasteiger partial charge is 0.272 e. The highest BCUT2D eigenvalue weighted by atomic mass is 35.5. The molecule has 0 unspecified atom stereocenters. The van der Waals surface area contributed by atoms with Crippen molar-refractivity contribution in [2.24, 2.45) is 0 Å². The number of benzene rings is 3. The molecular formula is C28H26ClFN4O2. The third-order valence-corrected chi connectivity index (χ3v) is 6.55. The number of halogens is 2. The Bertz CT molecular complexity index is 1380. The minimum Gasteiger partial charge on any atom is -0.492 e. The first kappa shape index (κ1) is 23.9. The summed E-state index contributed by atoms with van der Waals surface area (Å²) in [6.07, 6.45) is 0. The van der Waals surface area contributed by atoms with Gasteiger partial charge in [0.1, 0.15) is 17.3 Å². The van der Waals surface area contributed by atoms with Gasteiger partial charge in [0.15, 0.2) is 0 Å². The normalized spacial score (nSPS) is 13.6. The Kier molecular flexibility index (Phi) is 6.91. The number of aromatic nitrogens is 2. The van der Waals surface area contributed by atoms with Crippen molar-refractivity contribution in [2.45, 2.75) is 6.92 Å². The van der Waals surface area contributed by atoms with Gasteiger partial charge in [-0.3, -0.25) is 4.79 Å². The molecule has 1 fully saturated rings. The van der Waals surface area contributed by atoms with E-state index in [1.165, 1.54) is 10.7 Å². The molecule has 0 aliphatic carbocycles. The lowest BCUT2D eigenvalue weighted by Gasteiger charge is -2.36. The van der Waals surface area contributed by atoms with Crippen molar-refractivity contribution in [3.63, 3.8) is 0 Å². The van der Waals surface area contributed by atoms with E-state index >= 15 is 0 Å². The van der Waals surface area contributed by atoms with Gasteiger partial charge < -0.3 is 14.5 Å².